The highest BCUT2D eigenvalue weighted by molar-refractivity contribution is 5.05. The van der Waals surface area contributed by atoms with Gasteiger partial charge in [0.1, 0.15) is 0 Å². The van der Waals surface area contributed by atoms with Gasteiger partial charge in [-0.2, -0.15) is 0 Å². The van der Waals surface area contributed by atoms with E-state index in [1.165, 1.54) is 25.9 Å². The molecule has 2 N–H and O–H groups in total. The summed E-state index contributed by atoms with van der Waals surface area (Å²) in [5.41, 5.74) is 6.95. The van der Waals surface area contributed by atoms with Gasteiger partial charge >= 0.3 is 0 Å². The average molecular weight is 140 g/mol. The second-order valence-corrected chi connectivity index (χ2v) is 2.90. The normalized spacial score (nSPS) is 21.2. The van der Waals surface area contributed by atoms with E-state index in [0.717, 1.165) is 0 Å². The van der Waals surface area contributed by atoms with Crippen LogP contribution in [0, 0.1) is 0 Å². The van der Waals surface area contributed by atoms with Crippen molar-refractivity contribution in [2.75, 3.05) is 26.7 Å². The Balaban J connectivity index is 2.32. The predicted octanol–water partition coefficient (Wildman–Crippen LogP) is 0.597. The van der Waals surface area contributed by atoms with Crippen LogP contribution in [0.5, 0.6) is 0 Å². The number of hydrogen-bond acceptors (Lipinski definition) is 2. The molecule has 0 aromatic carbocycles. The lowest BCUT2D eigenvalue weighted by molar-refractivity contribution is 0.312. The summed E-state index contributed by atoms with van der Waals surface area (Å²) in [5.74, 6) is 0. The van der Waals surface area contributed by atoms with Gasteiger partial charge in [-0.25, -0.2) is 0 Å². The summed E-state index contributed by atoms with van der Waals surface area (Å²) in [7, 11) is 2.17. The first kappa shape index (κ1) is 7.76. The Morgan fingerprint density at radius 3 is 2.60 bits per heavy atom. The SMILES string of the molecule is CN1CCC(=CCN)CC1. The summed E-state index contributed by atoms with van der Waals surface area (Å²) < 4.78 is 0. The molecule has 10 heavy (non-hydrogen) atoms. The third-order valence-corrected chi connectivity index (χ3v) is 2.04. The fourth-order valence-electron chi connectivity index (χ4n) is 1.28. The number of nitrogens with two attached hydrogens (primary N) is 1. The molecule has 0 atom stereocenters. The maximum Gasteiger partial charge on any atom is 0.0109 e. The van der Waals surface area contributed by atoms with Crippen LogP contribution in [0.3, 0.4) is 0 Å². The van der Waals surface area contributed by atoms with Gasteiger partial charge in [0.2, 0.25) is 0 Å². The van der Waals surface area contributed by atoms with Crippen LogP contribution in [-0.2, 0) is 0 Å². The van der Waals surface area contributed by atoms with Gasteiger partial charge in [-0.1, -0.05) is 11.6 Å². The van der Waals surface area contributed by atoms with Crippen molar-refractivity contribution in [1.29, 1.82) is 0 Å². The summed E-state index contributed by atoms with van der Waals surface area (Å²) in [5, 5.41) is 0. The minimum Gasteiger partial charge on any atom is -0.327 e. The van der Waals surface area contributed by atoms with E-state index >= 15 is 0 Å². The Hall–Kier alpha value is -0.340. The molecule has 0 aromatic rings. The molecule has 0 radical (unpaired) electrons. The van der Waals surface area contributed by atoms with Crippen molar-refractivity contribution >= 4 is 0 Å². The van der Waals surface area contributed by atoms with Crippen LogP contribution < -0.4 is 5.73 Å². The van der Waals surface area contributed by atoms with Crippen LogP contribution in [0.2, 0.25) is 0 Å². The monoisotopic (exact) mass is 140 g/mol. The molecule has 1 fully saturated rings. The van der Waals surface area contributed by atoms with Crippen molar-refractivity contribution < 1.29 is 0 Å². The summed E-state index contributed by atoms with van der Waals surface area (Å²) >= 11 is 0. The molecule has 1 aliphatic heterocycles. The first-order valence-electron chi connectivity index (χ1n) is 3.89. The Kier molecular flexibility index (Phi) is 2.90. The first-order chi connectivity index (χ1) is 4.83. The highest BCUT2D eigenvalue weighted by Crippen LogP contribution is 2.13. The number of piperidine rings is 1. The Morgan fingerprint density at radius 2 is 2.10 bits per heavy atom. The molecule has 58 valence electrons. The molecule has 0 amide bonds. The average Bonchev–Trinajstić information content (AvgIpc) is 1.95. The van der Waals surface area contributed by atoms with Gasteiger partial charge in [-0.15, -0.1) is 0 Å². The van der Waals surface area contributed by atoms with E-state index in [4.69, 9.17) is 5.73 Å². The minimum atomic E-state index is 0.707. The maximum absolute atomic E-state index is 5.40. The third kappa shape index (κ3) is 2.12. The van der Waals surface area contributed by atoms with E-state index in [9.17, 15) is 0 Å². The first-order valence-corrected chi connectivity index (χ1v) is 3.89. The standard InChI is InChI=1S/C8H16N2/c1-10-6-3-8(2-5-9)4-7-10/h2H,3-7,9H2,1H3. The second kappa shape index (κ2) is 3.74. The van der Waals surface area contributed by atoms with Gasteiger partial charge in [-0.3, -0.25) is 0 Å². The summed E-state index contributed by atoms with van der Waals surface area (Å²) in [6.45, 7) is 3.11. The summed E-state index contributed by atoms with van der Waals surface area (Å²) in [6, 6.07) is 0. The maximum atomic E-state index is 5.40. The van der Waals surface area contributed by atoms with Crippen molar-refractivity contribution in [2.45, 2.75) is 12.8 Å². The fourth-order valence-corrected chi connectivity index (χ4v) is 1.28. The zero-order valence-electron chi connectivity index (χ0n) is 6.64. The molecule has 0 bridgehead atoms. The number of rotatable bonds is 1. The summed E-state index contributed by atoms with van der Waals surface area (Å²) in [4.78, 5) is 2.36. The highest BCUT2D eigenvalue weighted by Gasteiger charge is 2.08. The predicted molar refractivity (Wildman–Crippen MR) is 43.9 cm³/mol. The second-order valence-electron chi connectivity index (χ2n) is 2.90. The van der Waals surface area contributed by atoms with Crippen LogP contribution in [0.4, 0.5) is 0 Å². The molecular formula is C8H16N2. The molecule has 0 saturated carbocycles. The number of nitrogens with zero attached hydrogens (tertiary/aromatic N) is 1. The lowest BCUT2D eigenvalue weighted by Gasteiger charge is -2.23. The molecule has 1 saturated heterocycles. The van der Waals surface area contributed by atoms with Crippen LogP contribution in [0.15, 0.2) is 11.6 Å². The number of hydrogen-bond donors (Lipinski definition) is 1. The molecule has 1 aliphatic rings. The minimum absolute atomic E-state index is 0.707. The lowest BCUT2D eigenvalue weighted by atomic mass is 10.0. The molecule has 0 spiro atoms. The Morgan fingerprint density at radius 1 is 1.50 bits per heavy atom. The van der Waals surface area contributed by atoms with Gasteiger partial charge in [0, 0.05) is 19.6 Å². The quantitative estimate of drug-likeness (QED) is 0.540. The molecule has 1 heterocycles. The molecule has 2 heteroatoms. The fraction of sp³-hybridized carbons (Fsp3) is 0.750. The van der Waals surface area contributed by atoms with Crippen molar-refractivity contribution in [2.24, 2.45) is 5.73 Å². The van der Waals surface area contributed by atoms with Gasteiger partial charge in [0.05, 0.1) is 0 Å². The molecule has 0 aromatic heterocycles. The largest absolute Gasteiger partial charge is 0.327 e. The Bertz CT molecular complexity index is 119. The van der Waals surface area contributed by atoms with Crippen molar-refractivity contribution in [1.82, 2.24) is 4.90 Å². The Labute approximate surface area is 62.7 Å². The molecular weight excluding hydrogens is 124 g/mol. The van der Waals surface area contributed by atoms with Crippen LogP contribution >= 0.6 is 0 Å². The van der Waals surface area contributed by atoms with E-state index in [-0.39, 0.29) is 0 Å². The zero-order chi connectivity index (χ0) is 7.40. The van der Waals surface area contributed by atoms with Crippen LogP contribution in [0.25, 0.3) is 0 Å². The molecule has 0 aliphatic carbocycles. The van der Waals surface area contributed by atoms with E-state index in [1.807, 2.05) is 0 Å². The van der Waals surface area contributed by atoms with Crippen LogP contribution in [-0.4, -0.2) is 31.6 Å². The van der Waals surface area contributed by atoms with E-state index in [0.29, 0.717) is 6.54 Å². The number of likely N-dealkylation sites (tertiary alicyclic amines) is 1. The molecule has 2 nitrogen and oxygen atoms in total. The van der Waals surface area contributed by atoms with Gasteiger partial charge in [0.15, 0.2) is 0 Å². The van der Waals surface area contributed by atoms with E-state index in [2.05, 4.69) is 18.0 Å². The lowest BCUT2D eigenvalue weighted by Crippen LogP contribution is -2.26. The zero-order valence-corrected chi connectivity index (χ0v) is 6.64. The molecule has 1 rings (SSSR count). The molecule has 0 unspecified atom stereocenters. The van der Waals surface area contributed by atoms with E-state index < -0.39 is 0 Å². The highest BCUT2D eigenvalue weighted by atomic mass is 15.1. The van der Waals surface area contributed by atoms with Crippen molar-refractivity contribution in [3.63, 3.8) is 0 Å². The van der Waals surface area contributed by atoms with Crippen LogP contribution in [0.1, 0.15) is 12.8 Å². The van der Waals surface area contributed by atoms with Gasteiger partial charge in [-0.05, 0) is 19.9 Å². The van der Waals surface area contributed by atoms with Crippen molar-refractivity contribution in [3.05, 3.63) is 11.6 Å². The van der Waals surface area contributed by atoms with Crippen molar-refractivity contribution in [3.8, 4) is 0 Å². The van der Waals surface area contributed by atoms with Gasteiger partial charge in [0.25, 0.3) is 0 Å². The van der Waals surface area contributed by atoms with E-state index in [1.54, 1.807) is 5.57 Å². The summed E-state index contributed by atoms with van der Waals surface area (Å²) in [6.07, 6.45) is 4.59. The topological polar surface area (TPSA) is 29.3 Å². The third-order valence-electron chi connectivity index (χ3n) is 2.04. The smallest absolute Gasteiger partial charge is 0.0109 e. The van der Waals surface area contributed by atoms with Gasteiger partial charge < -0.3 is 10.6 Å².